The SMILES string of the molecule is CCCOCC(NN)C1(C)CCCC1. The summed E-state index contributed by atoms with van der Waals surface area (Å²) >= 11 is 0. The van der Waals surface area contributed by atoms with E-state index in [1.807, 2.05) is 0 Å². The third-order valence-corrected chi connectivity index (χ3v) is 3.42. The first-order chi connectivity index (χ1) is 6.73. The highest BCUT2D eigenvalue weighted by Crippen LogP contribution is 2.40. The molecule has 1 rings (SSSR count). The number of hydrogen-bond acceptors (Lipinski definition) is 3. The van der Waals surface area contributed by atoms with E-state index in [-0.39, 0.29) is 0 Å². The Morgan fingerprint density at radius 1 is 1.43 bits per heavy atom. The second-order valence-corrected chi connectivity index (χ2v) is 4.66. The molecule has 0 aromatic rings. The van der Waals surface area contributed by atoms with E-state index in [9.17, 15) is 0 Å². The van der Waals surface area contributed by atoms with Crippen molar-refractivity contribution in [3.05, 3.63) is 0 Å². The summed E-state index contributed by atoms with van der Waals surface area (Å²) in [5.41, 5.74) is 3.27. The molecule has 0 aliphatic heterocycles. The van der Waals surface area contributed by atoms with Gasteiger partial charge in [-0.3, -0.25) is 11.3 Å². The Bertz CT molecular complexity index is 155. The van der Waals surface area contributed by atoms with Crippen LogP contribution in [0.2, 0.25) is 0 Å². The molecule has 0 bridgehead atoms. The van der Waals surface area contributed by atoms with Gasteiger partial charge in [-0.25, -0.2) is 0 Å². The number of hydrogen-bond donors (Lipinski definition) is 2. The first-order valence-corrected chi connectivity index (χ1v) is 5.77. The second kappa shape index (κ2) is 5.69. The highest BCUT2D eigenvalue weighted by Gasteiger charge is 2.36. The van der Waals surface area contributed by atoms with Gasteiger partial charge in [-0.1, -0.05) is 26.7 Å². The molecule has 0 spiro atoms. The molecule has 0 aromatic carbocycles. The van der Waals surface area contributed by atoms with Crippen LogP contribution >= 0.6 is 0 Å². The molecular weight excluding hydrogens is 176 g/mol. The number of ether oxygens (including phenoxy) is 1. The van der Waals surface area contributed by atoms with Gasteiger partial charge in [0.1, 0.15) is 0 Å². The lowest BCUT2D eigenvalue weighted by Gasteiger charge is -2.33. The molecular formula is C11H24N2O. The minimum absolute atomic E-state index is 0.316. The van der Waals surface area contributed by atoms with Crippen molar-refractivity contribution in [1.29, 1.82) is 0 Å². The predicted octanol–water partition coefficient (Wildman–Crippen LogP) is 1.83. The van der Waals surface area contributed by atoms with Gasteiger partial charge in [-0.05, 0) is 24.7 Å². The van der Waals surface area contributed by atoms with Crippen molar-refractivity contribution >= 4 is 0 Å². The number of hydrazine groups is 1. The summed E-state index contributed by atoms with van der Waals surface area (Å²) in [6.07, 6.45) is 6.30. The first-order valence-electron chi connectivity index (χ1n) is 5.77. The monoisotopic (exact) mass is 200 g/mol. The molecule has 3 nitrogen and oxygen atoms in total. The second-order valence-electron chi connectivity index (χ2n) is 4.66. The van der Waals surface area contributed by atoms with Gasteiger partial charge < -0.3 is 4.74 Å². The fraction of sp³-hybridized carbons (Fsp3) is 1.00. The summed E-state index contributed by atoms with van der Waals surface area (Å²) in [7, 11) is 0. The van der Waals surface area contributed by atoms with Gasteiger partial charge in [0.25, 0.3) is 0 Å². The van der Waals surface area contributed by atoms with Crippen LogP contribution in [0.25, 0.3) is 0 Å². The van der Waals surface area contributed by atoms with Crippen LogP contribution in [0.4, 0.5) is 0 Å². The van der Waals surface area contributed by atoms with E-state index in [0.29, 0.717) is 11.5 Å². The Morgan fingerprint density at radius 3 is 2.57 bits per heavy atom. The zero-order chi connectivity index (χ0) is 10.4. The Morgan fingerprint density at radius 2 is 2.07 bits per heavy atom. The van der Waals surface area contributed by atoms with E-state index in [4.69, 9.17) is 10.6 Å². The molecule has 1 unspecified atom stereocenters. The molecule has 84 valence electrons. The quantitative estimate of drug-likeness (QED) is 0.390. The highest BCUT2D eigenvalue weighted by atomic mass is 16.5. The van der Waals surface area contributed by atoms with Crippen LogP contribution in [0, 0.1) is 5.41 Å². The normalized spacial score (nSPS) is 22.5. The molecule has 1 fully saturated rings. The molecule has 0 saturated heterocycles. The Labute approximate surface area is 87.4 Å². The summed E-state index contributed by atoms with van der Waals surface area (Å²) < 4.78 is 5.57. The molecule has 1 saturated carbocycles. The van der Waals surface area contributed by atoms with Crippen LogP contribution in [-0.2, 0) is 4.74 Å². The summed E-state index contributed by atoms with van der Waals surface area (Å²) in [5, 5.41) is 0. The Balaban J connectivity index is 2.35. The predicted molar refractivity (Wildman–Crippen MR) is 58.8 cm³/mol. The van der Waals surface area contributed by atoms with Crippen LogP contribution in [0.1, 0.15) is 46.0 Å². The minimum atomic E-state index is 0.316. The summed E-state index contributed by atoms with van der Waals surface area (Å²) in [4.78, 5) is 0. The van der Waals surface area contributed by atoms with Gasteiger partial charge in [-0.2, -0.15) is 0 Å². The minimum Gasteiger partial charge on any atom is -0.380 e. The van der Waals surface area contributed by atoms with E-state index in [1.165, 1.54) is 25.7 Å². The van der Waals surface area contributed by atoms with Gasteiger partial charge in [-0.15, -0.1) is 0 Å². The average molecular weight is 200 g/mol. The van der Waals surface area contributed by atoms with Crippen LogP contribution in [0.5, 0.6) is 0 Å². The van der Waals surface area contributed by atoms with E-state index in [0.717, 1.165) is 19.6 Å². The molecule has 3 N–H and O–H groups in total. The van der Waals surface area contributed by atoms with Crippen molar-refractivity contribution in [2.45, 2.75) is 52.0 Å². The van der Waals surface area contributed by atoms with Gasteiger partial charge in [0.15, 0.2) is 0 Å². The molecule has 1 aliphatic rings. The lowest BCUT2D eigenvalue weighted by atomic mass is 9.81. The van der Waals surface area contributed by atoms with Crippen molar-refractivity contribution in [3.8, 4) is 0 Å². The van der Waals surface area contributed by atoms with E-state index >= 15 is 0 Å². The zero-order valence-electron chi connectivity index (χ0n) is 9.51. The molecule has 14 heavy (non-hydrogen) atoms. The molecule has 1 atom stereocenters. The smallest absolute Gasteiger partial charge is 0.0638 e. The van der Waals surface area contributed by atoms with Gasteiger partial charge in [0, 0.05) is 12.6 Å². The fourth-order valence-corrected chi connectivity index (χ4v) is 2.33. The molecule has 0 radical (unpaired) electrons. The molecule has 1 aliphatic carbocycles. The maximum absolute atomic E-state index is 5.59. The third kappa shape index (κ3) is 2.94. The average Bonchev–Trinajstić information content (AvgIpc) is 2.61. The van der Waals surface area contributed by atoms with E-state index < -0.39 is 0 Å². The van der Waals surface area contributed by atoms with Gasteiger partial charge in [0.05, 0.1) is 6.61 Å². The summed E-state index contributed by atoms with van der Waals surface area (Å²) in [6, 6.07) is 0.316. The summed E-state index contributed by atoms with van der Waals surface area (Å²) in [6.45, 7) is 6.04. The van der Waals surface area contributed by atoms with Crippen molar-refractivity contribution < 1.29 is 4.74 Å². The van der Waals surface area contributed by atoms with Crippen LogP contribution in [0.15, 0.2) is 0 Å². The van der Waals surface area contributed by atoms with Crippen molar-refractivity contribution in [1.82, 2.24) is 5.43 Å². The molecule has 0 aromatic heterocycles. The van der Waals surface area contributed by atoms with Gasteiger partial charge >= 0.3 is 0 Å². The maximum Gasteiger partial charge on any atom is 0.0638 e. The van der Waals surface area contributed by atoms with Crippen molar-refractivity contribution in [2.75, 3.05) is 13.2 Å². The number of nitrogens with two attached hydrogens (primary N) is 1. The first kappa shape index (κ1) is 12.0. The van der Waals surface area contributed by atoms with E-state index in [2.05, 4.69) is 19.3 Å². The fourth-order valence-electron chi connectivity index (χ4n) is 2.33. The molecule has 0 amide bonds. The van der Waals surface area contributed by atoms with Crippen molar-refractivity contribution in [3.63, 3.8) is 0 Å². The van der Waals surface area contributed by atoms with Crippen molar-refractivity contribution in [2.24, 2.45) is 11.3 Å². The largest absolute Gasteiger partial charge is 0.380 e. The van der Waals surface area contributed by atoms with Crippen LogP contribution in [0.3, 0.4) is 0 Å². The molecule has 0 heterocycles. The summed E-state index contributed by atoms with van der Waals surface area (Å²) in [5.74, 6) is 5.59. The highest BCUT2D eigenvalue weighted by molar-refractivity contribution is 4.90. The van der Waals surface area contributed by atoms with Crippen LogP contribution < -0.4 is 11.3 Å². The topological polar surface area (TPSA) is 47.3 Å². The Kier molecular flexibility index (Phi) is 4.85. The number of rotatable bonds is 6. The maximum atomic E-state index is 5.59. The lowest BCUT2D eigenvalue weighted by Crippen LogP contribution is -2.48. The van der Waals surface area contributed by atoms with Crippen LogP contribution in [-0.4, -0.2) is 19.3 Å². The van der Waals surface area contributed by atoms with Gasteiger partial charge in [0.2, 0.25) is 0 Å². The third-order valence-electron chi connectivity index (χ3n) is 3.42. The Hall–Kier alpha value is -0.120. The number of nitrogens with one attached hydrogen (secondary N) is 1. The van der Waals surface area contributed by atoms with E-state index in [1.54, 1.807) is 0 Å². The standard InChI is InChI=1S/C11H24N2O/c1-3-8-14-9-10(13-12)11(2)6-4-5-7-11/h10,13H,3-9,12H2,1-2H3. The molecule has 3 heteroatoms. The lowest BCUT2D eigenvalue weighted by molar-refractivity contribution is 0.0655. The zero-order valence-corrected chi connectivity index (χ0v) is 9.51.